The van der Waals surface area contributed by atoms with Crippen LogP contribution in [0, 0.1) is 5.92 Å². The summed E-state index contributed by atoms with van der Waals surface area (Å²) >= 11 is 0. The van der Waals surface area contributed by atoms with Crippen molar-refractivity contribution in [3.8, 4) is 0 Å². The zero-order chi connectivity index (χ0) is 10.4. The van der Waals surface area contributed by atoms with Crippen LogP contribution in [0.4, 0.5) is 0 Å². The fraction of sp³-hybridized carbons (Fsp3) is 1.00. The molecule has 1 aliphatic rings. The van der Waals surface area contributed by atoms with Gasteiger partial charge < -0.3 is 15.2 Å². The van der Waals surface area contributed by atoms with Gasteiger partial charge in [-0.3, -0.25) is 4.90 Å². The molecule has 2 atom stereocenters. The van der Waals surface area contributed by atoms with Gasteiger partial charge in [0.05, 0.1) is 13.2 Å². The van der Waals surface area contributed by atoms with Crippen molar-refractivity contribution in [2.75, 3.05) is 47.1 Å². The molecule has 0 saturated carbocycles. The molecule has 0 bridgehead atoms. The molecule has 4 heteroatoms. The Hall–Kier alpha value is -0.160. The predicted molar refractivity (Wildman–Crippen MR) is 56.3 cm³/mol. The fourth-order valence-electron chi connectivity index (χ4n) is 2.08. The van der Waals surface area contributed by atoms with Crippen LogP contribution in [0.5, 0.6) is 0 Å². The largest absolute Gasteiger partial charge is 0.384 e. The van der Waals surface area contributed by atoms with E-state index in [1.807, 2.05) is 0 Å². The van der Waals surface area contributed by atoms with E-state index >= 15 is 0 Å². The third-order valence-electron chi connectivity index (χ3n) is 2.87. The van der Waals surface area contributed by atoms with Crippen LogP contribution < -0.4 is 5.73 Å². The van der Waals surface area contributed by atoms with Gasteiger partial charge in [0.1, 0.15) is 0 Å². The number of hydrogen-bond acceptors (Lipinski definition) is 4. The Labute approximate surface area is 86.3 Å². The van der Waals surface area contributed by atoms with Crippen LogP contribution in [-0.2, 0) is 9.47 Å². The first-order chi connectivity index (χ1) is 6.81. The minimum atomic E-state index is 0.377. The maximum Gasteiger partial charge on any atom is 0.0630 e. The normalized spacial score (nSPS) is 25.5. The van der Waals surface area contributed by atoms with E-state index in [4.69, 9.17) is 15.2 Å². The van der Waals surface area contributed by atoms with E-state index in [9.17, 15) is 0 Å². The average Bonchev–Trinajstić information content (AvgIpc) is 2.63. The predicted octanol–water partition coefficient (Wildman–Crippen LogP) is -0.0716. The zero-order valence-corrected chi connectivity index (χ0v) is 9.24. The smallest absolute Gasteiger partial charge is 0.0630 e. The van der Waals surface area contributed by atoms with Crippen molar-refractivity contribution in [1.29, 1.82) is 0 Å². The topological polar surface area (TPSA) is 47.7 Å². The highest BCUT2D eigenvalue weighted by atomic mass is 16.5. The molecule has 2 N–H and O–H groups in total. The molecule has 1 aliphatic heterocycles. The molecule has 0 aromatic heterocycles. The van der Waals surface area contributed by atoms with Crippen molar-refractivity contribution >= 4 is 0 Å². The van der Waals surface area contributed by atoms with Gasteiger partial charge in [-0.25, -0.2) is 0 Å². The lowest BCUT2D eigenvalue weighted by Gasteiger charge is -2.25. The van der Waals surface area contributed by atoms with Gasteiger partial charge in [0.2, 0.25) is 0 Å². The van der Waals surface area contributed by atoms with Gasteiger partial charge in [-0.2, -0.15) is 0 Å². The summed E-state index contributed by atoms with van der Waals surface area (Å²) in [6.45, 7) is 4.49. The lowest BCUT2D eigenvalue weighted by atomic mass is 10.1. The number of hydrogen-bond donors (Lipinski definition) is 1. The third kappa shape index (κ3) is 3.20. The Morgan fingerprint density at radius 1 is 1.43 bits per heavy atom. The van der Waals surface area contributed by atoms with Crippen molar-refractivity contribution in [3.63, 3.8) is 0 Å². The second-order valence-corrected chi connectivity index (χ2v) is 3.95. The lowest BCUT2D eigenvalue weighted by Crippen LogP contribution is -2.42. The molecule has 0 aromatic rings. The Bertz CT molecular complexity index is 155. The summed E-state index contributed by atoms with van der Waals surface area (Å²) in [7, 11) is 3.49. The quantitative estimate of drug-likeness (QED) is 0.655. The second-order valence-electron chi connectivity index (χ2n) is 3.95. The first-order valence-electron chi connectivity index (χ1n) is 5.23. The highest BCUT2D eigenvalue weighted by molar-refractivity contribution is 4.81. The first-order valence-corrected chi connectivity index (χ1v) is 5.23. The molecular weight excluding hydrogens is 180 g/mol. The molecule has 1 rings (SSSR count). The standard InChI is InChI=1S/C10H22N2O2/c1-13-7-9-3-4-12(6-9)10(5-11)8-14-2/h9-10H,3-8,11H2,1-2H3. The van der Waals surface area contributed by atoms with Crippen LogP contribution in [0.1, 0.15) is 6.42 Å². The molecule has 0 spiro atoms. The van der Waals surface area contributed by atoms with Gasteiger partial charge in [-0.05, 0) is 18.9 Å². The van der Waals surface area contributed by atoms with Gasteiger partial charge >= 0.3 is 0 Å². The van der Waals surface area contributed by atoms with Gasteiger partial charge in [-0.1, -0.05) is 0 Å². The number of likely N-dealkylation sites (tertiary alicyclic amines) is 1. The van der Waals surface area contributed by atoms with Crippen LogP contribution in [0.25, 0.3) is 0 Å². The van der Waals surface area contributed by atoms with Crippen LogP contribution in [-0.4, -0.2) is 58.0 Å². The monoisotopic (exact) mass is 202 g/mol. The van der Waals surface area contributed by atoms with Crippen LogP contribution >= 0.6 is 0 Å². The molecule has 1 heterocycles. The molecule has 4 nitrogen and oxygen atoms in total. The van der Waals surface area contributed by atoms with Gasteiger partial charge in [0.15, 0.2) is 0 Å². The number of nitrogens with zero attached hydrogens (tertiary/aromatic N) is 1. The Morgan fingerprint density at radius 2 is 2.21 bits per heavy atom. The average molecular weight is 202 g/mol. The molecular formula is C10H22N2O2. The molecule has 0 radical (unpaired) electrons. The molecule has 0 amide bonds. The van der Waals surface area contributed by atoms with Crippen LogP contribution in [0.3, 0.4) is 0 Å². The van der Waals surface area contributed by atoms with E-state index in [2.05, 4.69) is 4.90 Å². The van der Waals surface area contributed by atoms with Gasteiger partial charge in [0.25, 0.3) is 0 Å². The summed E-state index contributed by atoms with van der Waals surface area (Å²) < 4.78 is 10.3. The van der Waals surface area contributed by atoms with Crippen molar-refractivity contribution in [1.82, 2.24) is 4.90 Å². The van der Waals surface area contributed by atoms with E-state index in [1.165, 1.54) is 6.42 Å². The summed E-state index contributed by atoms with van der Waals surface area (Å²) in [4.78, 5) is 2.41. The molecule has 84 valence electrons. The summed E-state index contributed by atoms with van der Waals surface area (Å²) in [6.07, 6.45) is 1.22. The molecule has 1 saturated heterocycles. The number of ether oxygens (including phenoxy) is 2. The van der Waals surface area contributed by atoms with E-state index in [-0.39, 0.29) is 0 Å². The minimum absolute atomic E-state index is 0.377. The Morgan fingerprint density at radius 3 is 2.79 bits per heavy atom. The van der Waals surface area contributed by atoms with Crippen LogP contribution in [0.15, 0.2) is 0 Å². The number of methoxy groups -OCH3 is 2. The van der Waals surface area contributed by atoms with Gasteiger partial charge in [0, 0.05) is 33.4 Å². The molecule has 1 fully saturated rings. The highest BCUT2D eigenvalue weighted by Crippen LogP contribution is 2.18. The molecule has 0 aliphatic carbocycles. The van der Waals surface area contributed by atoms with Crippen LogP contribution in [0.2, 0.25) is 0 Å². The van der Waals surface area contributed by atoms with E-state index in [0.717, 1.165) is 26.3 Å². The number of nitrogens with two attached hydrogens (primary N) is 1. The Balaban J connectivity index is 2.31. The number of rotatable bonds is 6. The Kier molecular flexibility index (Phi) is 5.40. The van der Waals surface area contributed by atoms with Crippen molar-refractivity contribution in [2.24, 2.45) is 11.7 Å². The van der Waals surface area contributed by atoms with E-state index < -0.39 is 0 Å². The molecule has 14 heavy (non-hydrogen) atoms. The second kappa shape index (κ2) is 6.35. The zero-order valence-electron chi connectivity index (χ0n) is 9.24. The lowest BCUT2D eigenvalue weighted by molar-refractivity contribution is 0.0995. The minimum Gasteiger partial charge on any atom is -0.384 e. The molecule has 2 unspecified atom stereocenters. The van der Waals surface area contributed by atoms with Crippen molar-refractivity contribution in [2.45, 2.75) is 12.5 Å². The maximum atomic E-state index is 5.71. The first kappa shape index (κ1) is 11.9. The highest BCUT2D eigenvalue weighted by Gasteiger charge is 2.27. The molecule has 0 aromatic carbocycles. The van der Waals surface area contributed by atoms with Gasteiger partial charge in [-0.15, -0.1) is 0 Å². The summed E-state index contributed by atoms with van der Waals surface area (Å²) in [6, 6.07) is 0.377. The SMILES string of the molecule is COCC1CCN(C(CN)COC)C1. The summed E-state index contributed by atoms with van der Waals surface area (Å²) in [5.41, 5.74) is 5.71. The summed E-state index contributed by atoms with van der Waals surface area (Å²) in [5.74, 6) is 0.672. The summed E-state index contributed by atoms with van der Waals surface area (Å²) in [5, 5.41) is 0. The van der Waals surface area contributed by atoms with E-state index in [0.29, 0.717) is 18.5 Å². The van der Waals surface area contributed by atoms with Crippen molar-refractivity contribution in [3.05, 3.63) is 0 Å². The third-order valence-corrected chi connectivity index (χ3v) is 2.87. The van der Waals surface area contributed by atoms with E-state index in [1.54, 1.807) is 14.2 Å². The maximum absolute atomic E-state index is 5.71. The van der Waals surface area contributed by atoms with Crippen molar-refractivity contribution < 1.29 is 9.47 Å². The fourth-order valence-corrected chi connectivity index (χ4v) is 2.08.